The third-order valence-electron chi connectivity index (χ3n) is 6.04. The van der Waals surface area contributed by atoms with E-state index in [9.17, 15) is 19.8 Å². The second-order valence-electron chi connectivity index (χ2n) is 7.82. The average Bonchev–Trinajstić information content (AvgIpc) is 3.14. The van der Waals surface area contributed by atoms with Gasteiger partial charge in [-0.05, 0) is 38.2 Å². The van der Waals surface area contributed by atoms with Crippen LogP contribution < -0.4 is 0 Å². The number of cyclic esters (lactones) is 1. The average molecular weight is 424 g/mol. The predicted octanol–water partition coefficient (Wildman–Crippen LogP) is 1.03. The number of hydrogen-bond acceptors (Lipinski definition) is 7. The first-order chi connectivity index (χ1) is 12.1. The third kappa shape index (κ3) is 3.85. The second kappa shape index (κ2) is 7.87. The topological polar surface area (TPSA) is 96.3 Å². The van der Waals surface area contributed by atoms with Gasteiger partial charge in [0.2, 0.25) is 0 Å². The molecule has 0 amide bonds. The molecular weight excluding hydrogens is 397 g/mol. The Balaban J connectivity index is 0.00000261. The van der Waals surface area contributed by atoms with Crippen molar-refractivity contribution in [3.63, 3.8) is 0 Å². The van der Waals surface area contributed by atoms with E-state index in [0.717, 1.165) is 12.1 Å². The van der Waals surface area contributed by atoms with Crippen LogP contribution in [0.25, 0.3) is 0 Å². The van der Waals surface area contributed by atoms with E-state index in [4.69, 9.17) is 21.1 Å². The Kier molecular flexibility index (Phi) is 6.54. The molecule has 3 aliphatic rings. The summed E-state index contributed by atoms with van der Waals surface area (Å²) >= 11 is 6.12. The van der Waals surface area contributed by atoms with Gasteiger partial charge in [0.25, 0.3) is 0 Å². The van der Waals surface area contributed by atoms with E-state index < -0.39 is 40.5 Å². The quantitative estimate of drug-likeness (QED) is 0.369. The van der Waals surface area contributed by atoms with E-state index in [1.54, 1.807) is 6.92 Å². The Morgan fingerprint density at radius 2 is 2.00 bits per heavy atom. The second-order valence-corrected chi connectivity index (χ2v) is 8.47. The van der Waals surface area contributed by atoms with Gasteiger partial charge in [-0.1, -0.05) is 13.0 Å². The molecule has 2 fully saturated rings. The molecule has 1 unspecified atom stereocenters. The lowest BCUT2D eigenvalue weighted by Gasteiger charge is -2.37. The minimum Gasteiger partial charge on any atom is -0.459 e. The van der Waals surface area contributed by atoms with E-state index in [2.05, 4.69) is 4.90 Å². The zero-order valence-corrected chi connectivity index (χ0v) is 17.3. The summed E-state index contributed by atoms with van der Waals surface area (Å²) in [6.07, 6.45) is 1.95. The van der Waals surface area contributed by atoms with Crippen molar-refractivity contribution in [3.05, 3.63) is 11.6 Å². The fourth-order valence-electron chi connectivity index (χ4n) is 3.94. The molecule has 0 aliphatic carbocycles. The van der Waals surface area contributed by atoms with Crippen LogP contribution in [0.3, 0.4) is 0 Å². The Morgan fingerprint density at radius 1 is 1.33 bits per heavy atom. The normalized spacial score (nSPS) is 41.3. The van der Waals surface area contributed by atoms with Crippen LogP contribution in [0.5, 0.6) is 0 Å². The largest absolute Gasteiger partial charge is 0.459 e. The number of aliphatic hydroxyl groups is 2. The van der Waals surface area contributed by atoms with Crippen LogP contribution in [0.1, 0.15) is 33.6 Å². The highest BCUT2D eigenvalue weighted by Gasteiger charge is 2.52. The number of hydrogen-bond donors (Lipinski definition) is 2. The lowest BCUT2D eigenvalue weighted by Crippen LogP contribution is -2.54. The molecule has 2 saturated heterocycles. The number of rotatable bonds is 1. The van der Waals surface area contributed by atoms with Crippen LogP contribution in [0.2, 0.25) is 0 Å². The molecule has 9 heteroatoms. The van der Waals surface area contributed by atoms with Crippen LogP contribution in [0.4, 0.5) is 0 Å². The number of ether oxygens (including phenoxy) is 2. The maximum atomic E-state index is 12.8. The van der Waals surface area contributed by atoms with Crippen LogP contribution >= 0.6 is 24.0 Å². The minimum atomic E-state index is -2.01. The molecule has 6 atom stereocenters. The van der Waals surface area contributed by atoms with Gasteiger partial charge in [0.05, 0.1) is 11.4 Å². The molecule has 0 saturated carbocycles. The van der Waals surface area contributed by atoms with Gasteiger partial charge in [-0.3, -0.25) is 4.90 Å². The highest BCUT2D eigenvalue weighted by molar-refractivity contribution is 6.22. The molecule has 3 rings (SSSR count). The molecule has 3 aliphatic heterocycles. The van der Waals surface area contributed by atoms with E-state index in [1.165, 1.54) is 13.8 Å². The molecule has 0 aromatic carbocycles. The number of carbonyl (C=O) groups excluding carboxylic acids is 2. The number of carbonyl (C=O) groups is 2. The van der Waals surface area contributed by atoms with Crippen molar-refractivity contribution >= 4 is 35.9 Å². The molecule has 3 heterocycles. The summed E-state index contributed by atoms with van der Waals surface area (Å²) < 4.78 is 11.0. The van der Waals surface area contributed by atoms with Crippen molar-refractivity contribution in [3.8, 4) is 0 Å². The lowest BCUT2D eigenvalue weighted by atomic mass is 9.79. The summed E-state index contributed by atoms with van der Waals surface area (Å²) in [6.45, 7) is 5.88. The van der Waals surface area contributed by atoms with E-state index >= 15 is 0 Å². The van der Waals surface area contributed by atoms with E-state index in [1.807, 2.05) is 6.08 Å². The molecule has 154 valence electrons. The Morgan fingerprint density at radius 3 is 2.63 bits per heavy atom. The van der Waals surface area contributed by atoms with Crippen LogP contribution in [-0.4, -0.2) is 75.5 Å². The first kappa shape index (κ1) is 22.4. The Hall–Kier alpha value is -0.860. The van der Waals surface area contributed by atoms with Crippen LogP contribution in [0.15, 0.2) is 11.6 Å². The van der Waals surface area contributed by atoms with Crippen molar-refractivity contribution < 1.29 is 29.3 Å². The zero-order valence-electron chi connectivity index (χ0n) is 15.7. The molecule has 7 nitrogen and oxygen atoms in total. The fraction of sp³-hybridized carbons (Fsp3) is 0.778. The first-order valence-electron chi connectivity index (χ1n) is 8.97. The van der Waals surface area contributed by atoms with Gasteiger partial charge in [0.1, 0.15) is 12.7 Å². The highest BCUT2D eigenvalue weighted by atomic mass is 35.5. The number of esters is 2. The molecule has 0 aromatic rings. The molecule has 27 heavy (non-hydrogen) atoms. The lowest BCUT2D eigenvalue weighted by molar-refractivity contribution is -0.183. The highest BCUT2D eigenvalue weighted by Crippen LogP contribution is 2.37. The number of halogens is 2. The van der Waals surface area contributed by atoms with Crippen molar-refractivity contribution in [1.82, 2.24) is 4.90 Å². The van der Waals surface area contributed by atoms with Gasteiger partial charge in [-0.25, -0.2) is 9.59 Å². The summed E-state index contributed by atoms with van der Waals surface area (Å²) in [4.78, 5) is 27.4. The summed E-state index contributed by atoms with van der Waals surface area (Å²) in [5.74, 6) is -2.37. The van der Waals surface area contributed by atoms with Crippen molar-refractivity contribution in [2.75, 3.05) is 19.7 Å². The van der Waals surface area contributed by atoms with Gasteiger partial charge in [0, 0.05) is 13.1 Å². The van der Waals surface area contributed by atoms with Gasteiger partial charge < -0.3 is 19.7 Å². The van der Waals surface area contributed by atoms with Gasteiger partial charge >= 0.3 is 11.9 Å². The molecule has 0 aromatic heterocycles. The maximum absolute atomic E-state index is 12.8. The monoisotopic (exact) mass is 423 g/mol. The van der Waals surface area contributed by atoms with Crippen molar-refractivity contribution in [2.24, 2.45) is 5.92 Å². The predicted molar refractivity (Wildman–Crippen MR) is 101 cm³/mol. The first-order valence-corrected chi connectivity index (χ1v) is 9.41. The van der Waals surface area contributed by atoms with E-state index in [-0.39, 0.29) is 31.5 Å². The molecule has 0 radical (unpaired) electrons. The molecule has 2 N–H and O–H groups in total. The van der Waals surface area contributed by atoms with Gasteiger partial charge in [-0.2, -0.15) is 0 Å². The Bertz CT molecular complexity index is 637. The summed E-state index contributed by atoms with van der Waals surface area (Å²) in [5.41, 5.74) is -3.03. The van der Waals surface area contributed by atoms with E-state index in [0.29, 0.717) is 13.0 Å². The number of nitrogens with zero attached hydrogens (tertiary/aromatic N) is 1. The van der Waals surface area contributed by atoms with Gasteiger partial charge in [-0.15, -0.1) is 24.0 Å². The zero-order chi connectivity index (χ0) is 19.3. The Labute approximate surface area is 170 Å². The summed E-state index contributed by atoms with van der Waals surface area (Å²) in [6, 6.07) is -0.177. The third-order valence-corrected chi connectivity index (χ3v) is 6.41. The summed E-state index contributed by atoms with van der Waals surface area (Å²) in [7, 11) is 0. The van der Waals surface area contributed by atoms with Crippen LogP contribution in [0, 0.1) is 5.92 Å². The van der Waals surface area contributed by atoms with Crippen molar-refractivity contribution in [2.45, 2.75) is 62.3 Å². The standard InChI is InChI=1S/C18H26ClNO6.ClH/c1-10-8-18(24,11(2)19)16(22)26-13-5-7-20-6-4-12(14(13)20)9-25-15(21)17(10,3)23;/h4,10-11,13-14,23-24H,5-9H2,1-3H3;1H/t10-,11?,13-,14-,17-,18+;/m1./s1. The fourth-order valence-corrected chi connectivity index (χ4v) is 4.11. The minimum absolute atomic E-state index is 0. The SMILES string of the molecule is CC(Cl)[C@@]1(O)C[C@@H](C)[C@@](C)(O)C(=O)OCC2=CCN3CC[C@@H](OC1=O)[C@@H]23.Cl. The van der Waals surface area contributed by atoms with Crippen LogP contribution in [-0.2, 0) is 19.1 Å². The number of alkyl halides is 1. The smallest absolute Gasteiger partial charge is 0.340 e. The van der Waals surface area contributed by atoms with Gasteiger partial charge in [0.15, 0.2) is 11.2 Å². The molecule has 0 spiro atoms. The van der Waals surface area contributed by atoms with Crippen molar-refractivity contribution in [1.29, 1.82) is 0 Å². The summed E-state index contributed by atoms with van der Waals surface area (Å²) in [5, 5.41) is 20.6. The maximum Gasteiger partial charge on any atom is 0.340 e. The molecular formula is C18H27Cl2NO6. The molecule has 0 bridgehead atoms.